The Morgan fingerprint density at radius 3 is 2.30 bits per heavy atom. The molecule has 2 aromatic rings. The Morgan fingerprint density at radius 2 is 1.70 bits per heavy atom. The van der Waals surface area contributed by atoms with Crippen LogP contribution in [0, 0.1) is 13.8 Å². The zero-order chi connectivity index (χ0) is 20.0. The molecule has 27 heavy (non-hydrogen) atoms. The fourth-order valence-corrected chi connectivity index (χ4v) is 2.44. The van der Waals surface area contributed by atoms with Crippen molar-refractivity contribution in [3.8, 4) is 0 Å². The van der Waals surface area contributed by atoms with Gasteiger partial charge in [0.25, 0.3) is 5.91 Å². The van der Waals surface area contributed by atoms with E-state index in [2.05, 4.69) is 16.0 Å². The van der Waals surface area contributed by atoms with Crippen LogP contribution in [0.2, 0.25) is 0 Å². The highest BCUT2D eigenvalue weighted by atomic mass is 16.4. The number of carbonyl (C=O) groups excluding carboxylic acids is 2. The summed E-state index contributed by atoms with van der Waals surface area (Å²) in [5, 5.41) is 17.0. The van der Waals surface area contributed by atoms with Gasteiger partial charge in [0.15, 0.2) is 0 Å². The second-order valence-electron chi connectivity index (χ2n) is 6.33. The number of amides is 2. The lowest BCUT2D eigenvalue weighted by molar-refractivity contribution is -0.138. The van der Waals surface area contributed by atoms with Gasteiger partial charge in [0.05, 0.1) is 6.54 Å². The highest BCUT2D eigenvalue weighted by Crippen LogP contribution is 2.16. The topological polar surface area (TPSA) is 108 Å². The molecular weight excluding hydrogens is 346 g/mol. The number of hydrogen-bond acceptors (Lipinski definition) is 4. The first-order valence-corrected chi connectivity index (χ1v) is 8.51. The Kier molecular flexibility index (Phi) is 6.54. The van der Waals surface area contributed by atoms with Crippen molar-refractivity contribution in [2.24, 2.45) is 0 Å². The second kappa shape index (κ2) is 8.84. The molecule has 0 aliphatic heterocycles. The highest BCUT2D eigenvalue weighted by Gasteiger charge is 2.15. The van der Waals surface area contributed by atoms with Crippen LogP contribution in [-0.2, 0) is 9.59 Å². The first-order chi connectivity index (χ1) is 12.8. The molecular formula is C20H23N3O4. The highest BCUT2D eigenvalue weighted by molar-refractivity contribution is 5.98. The molecule has 0 spiro atoms. The number of carboxylic acid groups (broad SMARTS) is 1. The Morgan fingerprint density at radius 1 is 1.04 bits per heavy atom. The van der Waals surface area contributed by atoms with E-state index in [1.807, 2.05) is 32.0 Å². The summed E-state index contributed by atoms with van der Waals surface area (Å²) in [6.45, 7) is 5.48. The van der Waals surface area contributed by atoms with Crippen molar-refractivity contribution in [1.29, 1.82) is 0 Å². The van der Waals surface area contributed by atoms with Gasteiger partial charge in [-0.05, 0) is 56.7 Å². The lowest BCUT2D eigenvalue weighted by atomic mass is 10.1. The van der Waals surface area contributed by atoms with E-state index in [1.54, 1.807) is 12.1 Å². The normalized spacial score (nSPS) is 11.4. The molecule has 0 aromatic heterocycles. The lowest BCUT2D eigenvalue weighted by Crippen LogP contribution is -2.38. The number of rotatable bonds is 7. The first-order valence-electron chi connectivity index (χ1n) is 8.51. The van der Waals surface area contributed by atoms with E-state index < -0.39 is 17.9 Å². The zero-order valence-corrected chi connectivity index (χ0v) is 15.5. The minimum absolute atomic E-state index is 0.113. The van der Waals surface area contributed by atoms with Gasteiger partial charge in [-0.1, -0.05) is 17.7 Å². The predicted octanol–water partition coefficient (Wildman–Crippen LogP) is 2.56. The van der Waals surface area contributed by atoms with E-state index in [9.17, 15) is 14.4 Å². The van der Waals surface area contributed by atoms with Crippen LogP contribution < -0.4 is 16.0 Å². The van der Waals surface area contributed by atoms with E-state index in [0.717, 1.165) is 16.8 Å². The third kappa shape index (κ3) is 5.85. The summed E-state index contributed by atoms with van der Waals surface area (Å²) in [5.74, 6) is -1.81. The number of anilines is 2. The Hall–Kier alpha value is -3.35. The molecule has 1 unspecified atom stereocenters. The number of benzene rings is 2. The second-order valence-corrected chi connectivity index (χ2v) is 6.33. The molecule has 0 aliphatic carbocycles. The van der Waals surface area contributed by atoms with Crippen molar-refractivity contribution in [2.45, 2.75) is 26.8 Å². The van der Waals surface area contributed by atoms with Crippen molar-refractivity contribution in [1.82, 2.24) is 5.32 Å². The molecule has 7 nitrogen and oxygen atoms in total. The fraction of sp³-hybridized carbons (Fsp3) is 0.250. The van der Waals surface area contributed by atoms with E-state index in [-0.39, 0.29) is 12.5 Å². The summed E-state index contributed by atoms with van der Waals surface area (Å²) < 4.78 is 0. The molecule has 0 aliphatic rings. The van der Waals surface area contributed by atoms with Crippen LogP contribution in [0.4, 0.5) is 11.4 Å². The molecule has 0 fully saturated rings. The molecule has 0 bridgehead atoms. The molecule has 0 radical (unpaired) electrons. The fourth-order valence-electron chi connectivity index (χ4n) is 2.44. The first kappa shape index (κ1) is 20.0. The molecule has 0 saturated heterocycles. The number of carbonyl (C=O) groups is 3. The maximum atomic E-state index is 12.1. The van der Waals surface area contributed by atoms with Gasteiger partial charge in [0, 0.05) is 16.9 Å². The quantitative estimate of drug-likeness (QED) is 0.600. The lowest BCUT2D eigenvalue weighted by Gasteiger charge is -2.11. The van der Waals surface area contributed by atoms with Crippen LogP contribution in [0.1, 0.15) is 28.4 Å². The Balaban J connectivity index is 1.89. The van der Waals surface area contributed by atoms with Crippen molar-refractivity contribution in [3.05, 3.63) is 59.2 Å². The Labute approximate surface area is 157 Å². The standard InChI is InChI=1S/C20H23N3O4/c1-12-4-9-17(13(2)10-12)21-11-18(24)23-16-7-5-15(6-8-16)19(25)22-14(3)20(26)27/h4-10,14,21H,11H2,1-3H3,(H,22,25)(H,23,24)(H,26,27). The summed E-state index contributed by atoms with van der Waals surface area (Å²) in [4.78, 5) is 34.8. The van der Waals surface area contributed by atoms with Crippen LogP contribution in [0.3, 0.4) is 0 Å². The van der Waals surface area contributed by atoms with Gasteiger partial charge < -0.3 is 21.1 Å². The summed E-state index contributed by atoms with van der Waals surface area (Å²) in [6.07, 6.45) is 0. The average molecular weight is 369 g/mol. The average Bonchev–Trinajstić information content (AvgIpc) is 2.61. The summed E-state index contributed by atoms with van der Waals surface area (Å²) >= 11 is 0. The monoisotopic (exact) mass is 369 g/mol. The molecule has 4 N–H and O–H groups in total. The molecule has 1 atom stereocenters. The molecule has 7 heteroatoms. The number of carboxylic acids is 1. The SMILES string of the molecule is Cc1ccc(NCC(=O)Nc2ccc(C(=O)NC(C)C(=O)O)cc2)c(C)c1. The molecule has 0 saturated carbocycles. The molecule has 2 aromatic carbocycles. The number of aliphatic carboxylic acids is 1. The number of aryl methyl sites for hydroxylation is 2. The number of hydrogen-bond donors (Lipinski definition) is 4. The third-order valence-electron chi connectivity index (χ3n) is 3.97. The van der Waals surface area contributed by atoms with Crippen molar-refractivity contribution in [3.63, 3.8) is 0 Å². The van der Waals surface area contributed by atoms with Crippen LogP contribution in [0.5, 0.6) is 0 Å². The zero-order valence-electron chi connectivity index (χ0n) is 15.5. The van der Waals surface area contributed by atoms with Crippen LogP contribution >= 0.6 is 0 Å². The van der Waals surface area contributed by atoms with Crippen molar-refractivity contribution >= 4 is 29.2 Å². The van der Waals surface area contributed by atoms with Gasteiger partial charge in [-0.25, -0.2) is 0 Å². The third-order valence-corrected chi connectivity index (χ3v) is 3.97. The Bertz CT molecular complexity index is 847. The van der Waals surface area contributed by atoms with Gasteiger partial charge in [0.1, 0.15) is 6.04 Å². The molecule has 2 rings (SSSR count). The van der Waals surface area contributed by atoms with Gasteiger partial charge >= 0.3 is 5.97 Å². The summed E-state index contributed by atoms with van der Waals surface area (Å²) in [7, 11) is 0. The minimum Gasteiger partial charge on any atom is -0.480 e. The summed E-state index contributed by atoms with van der Waals surface area (Å²) in [5.41, 5.74) is 3.98. The maximum Gasteiger partial charge on any atom is 0.325 e. The van der Waals surface area contributed by atoms with Crippen LogP contribution in [-0.4, -0.2) is 35.5 Å². The van der Waals surface area contributed by atoms with Gasteiger partial charge in [0.2, 0.25) is 5.91 Å². The van der Waals surface area contributed by atoms with Gasteiger partial charge in [-0.15, -0.1) is 0 Å². The van der Waals surface area contributed by atoms with E-state index in [1.165, 1.54) is 19.1 Å². The van der Waals surface area contributed by atoms with Crippen molar-refractivity contribution < 1.29 is 19.5 Å². The van der Waals surface area contributed by atoms with E-state index >= 15 is 0 Å². The van der Waals surface area contributed by atoms with Gasteiger partial charge in [-0.2, -0.15) is 0 Å². The molecule has 0 heterocycles. The molecule has 2 amide bonds. The van der Waals surface area contributed by atoms with E-state index in [4.69, 9.17) is 5.11 Å². The van der Waals surface area contributed by atoms with Crippen molar-refractivity contribution in [2.75, 3.05) is 17.2 Å². The predicted molar refractivity (Wildman–Crippen MR) is 104 cm³/mol. The minimum atomic E-state index is -1.11. The summed E-state index contributed by atoms with van der Waals surface area (Å²) in [6, 6.07) is 11.2. The largest absolute Gasteiger partial charge is 0.480 e. The van der Waals surface area contributed by atoms with E-state index in [0.29, 0.717) is 11.3 Å². The number of nitrogens with one attached hydrogen (secondary N) is 3. The van der Waals surface area contributed by atoms with Crippen LogP contribution in [0.15, 0.2) is 42.5 Å². The maximum absolute atomic E-state index is 12.1. The van der Waals surface area contributed by atoms with Gasteiger partial charge in [-0.3, -0.25) is 14.4 Å². The van der Waals surface area contributed by atoms with Crippen LogP contribution in [0.25, 0.3) is 0 Å². The molecule has 142 valence electrons. The smallest absolute Gasteiger partial charge is 0.325 e.